The number of benzene rings is 1. The molecule has 0 spiro atoms. The Labute approximate surface area is 244 Å². The normalized spacial score (nSPS) is 11.9. The molecule has 0 saturated carbocycles. The summed E-state index contributed by atoms with van der Waals surface area (Å²) >= 11 is 19.8. The number of carbonyl (C=O) groups is 2. The zero-order chi connectivity index (χ0) is 28.5. The summed E-state index contributed by atoms with van der Waals surface area (Å²) in [7, 11) is 3.27. The van der Waals surface area contributed by atoms with Gasteiger partial charge in [0, 0.05) is 37.5 Å². The summed E-state index contributed by atoms with van der Waals surface area (Å²) in [6, 6.07) is 5.98. The molecule has 210 valence electrons. The first kappa shape index (κ1) is 31.1. The van der Waals surface area contributed by atoms with Crippen LogP contribution in [-0.2, 0) is 11.3 Å². The third-order valence-electron chi connectivity index (χ3n) is 5.24. The van der Waals surface area contributed by atoms with Gasteiger partial charge in [0.1, 0.15) is 23.1 Å². The maximum Gasteiger partial charge on any atom is 0.267 e. The zero-order valence-electron chi connectivity index (χ0n) is 21.0. The van der Waals surface area contributed by atoms with E-state index in [-0.39, 0.29) is 64.1 Å². The lowest BCUT2D eigenvalue weighted by atomic mass is 10.1. The van der Waals surface area contributed by atoms with Gasteiger partial charge in [0.25, 0.3) is 11.8 Å². The summed E-state index contributed by atoms with van der Waals surface area (Å²) in [5.41, 5.74) is 0.783. The van der Waals surface area contributed by atoms with E-state index in [0.717, 1.165) is 11.3 Å². The third-order valence-corrected chi connectivity index (χ3v) is 7.26. The maximum atomic E-state index is 13.4. The predicted octanol–water partition coefficient (Wildman–Crippen LogP) is 4.42. The second-order valence-corrected chi connectivity index (χ2v) is 10.5. The first-order valence-electron chi connectivity index (χ1n) is 11.6. The minimum atomic E-state index is -0.899. The van der Waals surface area contributed by atoms with E-state index in [1.165, 1.54) is 31.5 Å². The van der Waals surface area contributed by atoms with Gasteiger partial charge in [-0.05, 0) is 36.2 Å². The first-order valence-corrected chi connectivity index (χ1v) is 13.6. The molecule has 2 heterocycles. The van der Waals surface area contributed by atoms with Crippen molar-refractivity contribution in [3.8, 4) is 5.75 Å². The van der Waals surface area contributed by atoms with Crippen LogP contribution in [0.15, 0.2) is 35.8 Å². The van der Waals surface area contributed by atoms with Crippen LogP contribution in [0.5, 0.6) is 5.75 Å². The number of ether oxygens (including phenoxy) is 2. The molecule has 0 radical (unpaired) electrons. The summed E-state index contributed by atoms with van der Waals surface area (Å²) < 4.78 is 10.8. The molecule has 1 atom stereocenters. The number of aliphatic hydroxyl groups excluding tert-OH is 2. The number of methoxy groups -OCH3 is 1. The first-order chi connectivity index (χ1) is 18.6. The highest BCUT2D eigenvalue weighted by Crippen LogP contribution is 2.36. The lowest BCUT2D eigenvalue weighted by molar-refractivity contribution is 0.0648. The van der Waals surface area contributed by atoms with Crippen molar-refractivity contribution < 1.29 is 29.3 Å². The summed E-state index contributed by atoms with van der Waals surface area (Å²) in [6.45, 7) is 0.589. The quantitative estimate of drug-likeness (QED) is 0.207. The van der Waals surface area contributed by atoms with Crippen LogP contribution >= 0.6 is 46.1 Å². The Morgan fingerprint density at radius 1 is 1.13 bits per heavy atom. The number of pyridine rings is 1. The fourth-order valence-electron chi connectivity index (χ4n) is 3.45. The van der Waals surface area contributed by atoms with Gasteiger partial charge in [-0.15, -0.1) is 11.3 Å². The number of amides is 2. The molecule has 0 aliphatic rings. The number of thiophene rings is 1. The molecule has 0 aliphatic heterocycles. The number of likely N-dealkylation sites (N-methyl/N-ethyl adjacent to an activating group) is 1. The van der Waals surface area contributed by atoms with Gasteiger partial charge >= 0.3 is 0 Å². The van der Waals surface area contributed by atoms with E-state index in [4.69, 9.17) is 49.4 Å². The van der Waals surface area contributed by atoms with Gasteiger partial charge in [-0.1, -0.05) is 34.8 Å². The fourth-order valence-corrected chi connectivity index (χ4v) is 5.02. The van der Waals surface area contributed by atoms with Crippen molar-refractivity contribution in [3.05, 3.63) is 66.9 Å². The van der Waals surface area contributed by atoms with Crippen molar-refractivity contribution in [3.63, 3.8) is 0 Å². The number of rotatable bonds is 13. The van der Waals surface area contributed by atoms with Crippen LogP contribution in [0.4, 0.5) is 11.5 Å². The van der Waals surface area contributed by atoms with Crippen molar-refractivity contribution in [1.82, 2.24) is 9.88 Å². The van der Waals surface area contributed by atoms with Crippen LogP contribution in [0.2, 0.25) is 15.1 Å². The van der Waals surface area contributed by atoms with Crippen molar-refractivity contribution in [2.75, 3.05) is 51.2 Å². The Bertz CT molecular complexity index is 1290. The largest absolute Gasteiger partial charge is 0.489 e. The highest BCUT2D eigenvalue weighted by Gasteiger charge is 2.24. The number of hydrogen-bond acceptors (Lipinski definition) is 9. The van der Waals surface area contributed by atoms with Crippen molar-refractivity contribution in [1.29, 1.82) is 0 Å². The SMILES string of the molecule is COCCOc1cc(Cl)cc(C(=O)Nc2ccc(Cl)cn2)c1NC(=O)c1scc(CN(C)CC(O)CO)c1Cl. The Kier molecular flexibility index (Phi) is 11.8. The number of halogens is 3. The minimum absolute atomic E-state index is 0.0330. The molecule has 3 aromatic rings. The van der Waals surface area contributed by atoms with Gasteiger partial charge in [0.05, 0.1) is 40.6 Å². The van der Waals surface area contributed by atoms with E-state index in [2.05, 4.69) is 15.6 Å². The molecule has 1 unspecified atom stereocenters. The number of hydrogen-bond donors (Lipinski definition) is 4. The molecule has 14 heteroatoms. The molecular formula is C25H27Cl3N4O6S. The highest BCUT2D eigenvalue weighted by molar-refractivity contribution is 7.13. The van der Waals surface area contributed by atoms with Gasteiger partial charge in [-0.25, -0.2) is 4.98 Å². The Morgan fingerprint density at radius 2 is 1.90 bits per heavy atom. The van der Waals surface area contributed by atoms with Crippen LogP contribution in [0.1, 0.15) is 25.6 Å². The van der Waals surface area contributed by atoms with Gasteiger partial charge in [-0.2, -0.15) is 0 Å². The standard InChI is InChI=1S/C25H27Cl3N4O6S/c1-32(11-17(34)12-33)10-14-13-39-23(21(14)28)25(36)31-22-18(7-16(27)8-19(22)38-6-5-37-2)24(35)30-20-4-3-15(26)9-29-20/h3-4,7-9,13,17,33-34H,5-6,10-12H2,1-2H3,(H,31,36)(H,29,30,35). The summed E-state index contributed by atoms with van der Waals surface area (Å²) in [6.07, 6.45) is 0.486. The number of anilines is 2. The Morgan fingerprint density at radius 3 is 2.56 bits per heavy atom. The Balaban J connectivity index is 1.90. The molecule has 2 amide bonds. The van der Waals surface area contributed by atoms with Crippen LogP contribution < -0.4 is 15.4 Å². The monoisotopic (exact) mass is 616 g/mol. The average molecular weight is 618 g/mol. The molecule has 0 saturated heterocycles. The average Bonchev–Trinajstić information content (AvgIpc) is 3.26. The number of aromatic nitrogens is 1. The van der Waals surface area contributed by atoms with Crippen molar-refractivity contribution in [2.45, 2.75) is 12.6 Å². The molecule has 0 fully saturated rings. The number of nitrogens with zero attached hydrogens (tertiary/aromatic N) is 2. The van der Waals surface area contributed by atoms with E-state index in [1.807, 2.05) is 0 Å². The Hall–Kier alpha value is -2.48. The van der Waals surface area contributed by atoms with E-state index < -0.39 is 17.9 Å². The number of nitrogens with one attached hydrogen (secondary N) is 2. The number of aliphatic hydroxyl groups is 2. The van der Waals surface area contributed by atoms with E-state index in [0.29, 0.717) is 17.1 Å². The van der Waals surface area contributed by atoms with Gasteiger partial charge in [0.15, 0.2) is 0 Å². The molecule has 0 bridgehead atoms. The second-order valence-electron chi connectivity index (χ2n) is 8.37. The lowest BCUT2D eigenvalue weighted by Gasteiger charge is -2.19. The lowest BCUT2D eigenvalue weighted by Crippen LogP contribution is -2.30. The topological polar surface area (TPSA) is 133 Å². The van der Waals surface area contributed by atoms with Gasteiger partial charge in [-0.3, -0.25) is 14.5 Å². The van der Waals surface area contributed by atoms with Crippen molar-refractivity contribution in [2.24, 2.45) is 0 Å². The smallest absolute Gasteiger partial charge is 0.267 e. The van der Waals surface area contributed by atoms with Crippen LogP contribution in [0.3, 0.4) is 0 Å². The van der Waals surface area contributed by atoms with Gasteiger partial charge < -0.3 is 30.3 Å². The molecule has 2 aromatic heterocycles. The third kappa shape index (κ3) is 8.75. The molecule has 3 rings (SSSR count). The number of carbonyl (C=O) groups excluding carboxylic acids is 2. The molecule has 1 aromatic carbocycles. The van der Waals surface area contributed by atoms with E-state index in [1.54, 1.807) is 23.4 Å². The summed E-state index contributed by atoms with van der Waals surface area (Å²) in [5, 5.41) is 26.7. The molecule has 10 nitrogen and oxygen atoms in total. The molecular weight excluding hydrogens is 591 g/mol. The maximum absolute atomic E-state index is 13.4. The van der Waals surface area contributed by atoms with E-state index >= 15 is 0 Å². The van der Waals surface area contributed by atoms with Gasteiger partial charge in [0.2, 0.25) is 0 Å². The van der Waals surface area contributed by atoms with Crippen LogP contribution in [0.25, 0.3) is 0 Å². The van der Waals surface area contributed by atoms with Crippen molar-refractivity contribution >= 4 is 69.5 Å². The summed E-state index contributed by atoms with van der Waals surface area (Å²) in [4.78, 5) is 32.6. The second kappa shape index (κ2) is 14.8. The molecule has 39 heavy (non-hydrogen) atoms. The molecule has 4 N–H and O–H groups in total. The fraction of sp³-hybridized carbons (Fsp3) is 0.320. The zero-order valence-corrected chi connectivity index (χ0v) is 24.1. The summed E-state index contributed by atoms with van der Waals surface area (Å²) in [5.74, 6) is -0.759. The molecule has 0 aliphatic carbocycles. The van der Waals surface area contributed by atoms with E-state index in [9.17, 15) is 14.7 Å². The van der Waals surface area contributed by atoms with Crippen LogP contribution in [0, 0.1) is 0 Å². The van der Waals surface area contributed by atoms with Crippen LogP contribution in [-0.4, -0.2) is 78.5 Å². The predicted molar refractivity (Wildman–Crippen MR) is 153 cm³/mol. The minimum Gasteiger partial charge on any atom is -0.489 e. The highest BCUT2D eigenvalue weighted by atomic mass is 35.5.